The molecular formula is C22H18ClN3. The minimum atomic E-state index is 0.607. The fourth-order valence-corrected chi connectivity index (χ4v) is 3.14. The molecule has 3 nitrogen and oxygen atoms in total. The first kappa shape index (κ1) is 16.4. The van der Waals surface area contributed by atoms with Crippen LogP contribution < -0.4 is 5.73 Å². The first-order valence-corrected chi connectivity index (χ1v) is 8.78. The fourth-order valence-electron chi connectivity index (χ4n) is 3.01. The van der Waals surface area contributed by atoms with Crippen molar-refractivity contribution >= 4 is 17.4 Å². The van der Waals surface area contributed by atoms with E-state index >= 15 is 0 Å². The van der Waals surface area contributed by atoms with E-state index in [0.717, 1.165) is 28.1 Å². The Balaban J connectivity index is 1.96. The van der Waals surface area contributed by atoms with Crippen LogP contribution in [0, 0.1) is 6.92 Å². The number of hydrogen-bond acceptors (Lipinski definition) is 2. The van der Waals surface area contributed by atoms with Crippen LogP contribution in [0.5, 0.6) is 0 Å². The van der Waals surface area contributed by atoms with E-state index in [1.807, 2.05) is 66.7 Å². The lowest BCUT2D eigenvalue weighted by atomic mass is 10.0. The molecule has 2 N–H and O–H groups in total. The highest BCUT2D eigenvalue weighted by molar-refractivity contribution is 6.30. The van der Waals surface area contributed by atoms with Crippen LogP contribution in [-0.2, 0) is 0 Å². The molecule has 4 aromatic rings. The van der Waals surface area contributed by atoms with E-state index in [-0.39, 0.29) is 0 Å². The van der Waals surface area contributed by atoms with Gasteiger partial charge in [-0.1, -0.05) is 71.8 Å². The van der Waals surface area contributed by atoms with Gasteiger partial charge in [0.1, 0.15) is 11.5 Å². The standard InChI is InChI=1S/C22H18ClN3/c1-15-7-13-19(14-8-15)26-22(24)20(16-9-11-18(23)12-10-16)21(25-26)17-5-3-2-4-6-17/h2-14H,24H2,1H3. The van der Waals surface area contributed by atoms with Gasteiger partial charge >= 0.3 is 0 Å². The number of rotatable bonds is 3. The number of anilines is 1. The minimum absolute atomic E-state index is 0.607. The van der Waals surface area contributed by atoms with Gasteiger partial charge in [-0.15, -0.1) is 0 Å². The van der Waals surface area contributed by atoms with Crippen molar-refractivity contribution in [3.8, 4) is 28.1 Å². The summed E-state index contributed by atoms with van der Waals surface area (Å²) >= 11 is 6.06. The maximum Gasteiger partial charge on any atom is 0.135 e. The zero-order chi connectivity index (χ0) is 18.1. The quantitative estimate of drug-likeness (QED) is 0.506. The second kappa shape index (κ2) is 6.70. The zero-order valence-corrected chi connectivity index (χ0v) is 15.1. The maximum absolute atomic E-state index is 6.55. The van der Waals surface area contributed by atoms with Gasteiger partial charge in [0.25, 0.3) is 0 Å². The predicted molar refractivity (Wildman–Crippen MR) is 109 cm³/mol. The van der Waals surface area contributed by atoms with E-state index in [1.165, 1.54) is 5.56 Å². The summed E-state index contributed by atoms with van der Waals surface area (Å²) in [5.74, 6) is 0.607. The number of nitrogens with zero attached hydrogens (tertiary/aromatic N) is 2. The molecule has 0 fully saturated rings. The maximum atomic E-state index is 6.55. The van der Waals surface area contributed by atoms with Gasteiger partial charge < -0.3 is 5.73 Å². The van der Waals surface area contributed by atoms with Gasteiger partial charge in [0.15, 0.2) is 0 Å². The van der Waals surface area contributed by atoms with Crippen LogP contribution in [0.1, 0.15) is 5.56 Å². The highest BCUT2D eigenvalue weighted by atomic mass is 35.5. The van der Waals surface area contributed by atoms with Gasteiger partial charge in [-0.3, -0.25) is 0 Å². The molecule has 0 amide bonds. The summed E-state index contributed by atoms with van der Waals surface area (Å²) < 4.78 is 1.80. The Kier molecular flexibility index (Phi) is 4.23. The fraction of sp³-hybridized carbons (Fsp3) is 0.0455. The third kappa shape index (κ3) is 2.98. The Bertz CT molecular complexity index is 1030. The van der Waals surface area contributed by atoms with Crippen LogP contribution in [-0.4, -0.2) is 9.78 Å². The molecule has 0 spiro atoms. The van der Waals surface area contributed by atoms with Crippen molar-refractivity contribution in [2.75, 3.05) is 5.73 Å². The number of aryl methyl sites for hydroxylation is 1. The largest absolute Gasteiger partial charge is 0.383 e. The Labute approximate surface area is 157 Å². The number of hydrogen-bond donors (Lipinski definition) is 1. The molecule has 1 aromatic heterocycles. The molecule has 128 valence electrons. The van der Waals surface area contributed by atoms with Crippen molar-refractivity contribution < 1.29 is 0 Å². The molecule has 0 saturated carbocycles. The Morgan fingerprint density at radius 2 is 1.46 bits per heavy atom. The van der Waals surface area contributed by atoms with Crippen molar-refractivity contribution in [2.45, 2.75) is 6.92 Å². The number of benzene rings is 3. The summed E-state index contributed by atoms with van der Waals surface area (Å²) in [7, 11) is 0. The molecular weight excluding hydrogens is 342 g/mol. The summed E-state index contributed by atoms with van der Waals surface area (Å²) in [6.07, 6.45) is 0. The van der Waals surface area contributed by atoms with Gasteiger partial charge in [-0.2, -0.15) is 5.10 Å². The monoisotopic (exact) mass is 359 g/mol. The average Bonchev–Trinajstić information content (AvgIpc) is 3.01. The second-order valence-electron chi connectivity index (χ2n) is 6.23. The first-order chi connectivity index (χ1) is 12.6. The van der Waals surface area contributed by atoms with E-state index in [1.54, 1.807) is 4.68 Å². The van der Waals surface area contributed by atoms with Gasteiger partial charge in [0.05, 0.1) is 11.3 Å². The van der Waals surface area contributed by atoms with Crippen LogP contribution in [0.15, 0.2) is 78.9 Å². The van der Waals surface area contributed by atoms with Gasteiger partial charge in [0.2, 0.25) is 0 Å². The molecule has 0 aliphatic rings. The molecule has 0 unspecified atom stereocenters. The van der Waals surface area contributed by atoms with Crippen molar-refractivity contribution in [1.29, 1.82) is 0 Å². The molecule has 0 saturated heterocycles. The van der Waals surface area contributed by atoms with E-state index in [4.69, 9.17) is 22.4 Å². The number of nitrogens with two attached hydrogens (primary N) is 1. The summed E-state index contributed by atoms with van der Waals surface area (Å²) in [5.41, 5.74) is 12.5. The van der Waals surface area contributed by atoms with Crippen molar-refractivity contribution in [1.82, 2.24) is 9.78 Å². The van der Waals surface area contributed by atoms with Crippen LogP contribution in [0.2, 0.25) is 5.02 Å². The number of aromatic nitrogens is 2. The van der Waals surface area contributed by atoms with Gasteiger partial charge in [-0.05, 0) is 36.8 Å². The predicted octanol–water partition coefficient (Wildman–Crippen LogP) is 5.75. The van der Waals surface area contributed by atoms with Crippen LogP contribution in [0.25, 0.3) is 28.1 Å². The Hall–Kier alpha value is -3.04. The molecule has 1 heterocycles. The van der Waals surface area contributed by atoms with Crippen LogP contribution in [0.4, 0.5) is 5.82 Å². The summed E-state index contributed by atoms with van der Waals surface area (Å²) in [6, 6.07) is 25.9. The minimum Gasteiger partial charge on any atom is -0.383 e. The number of halogens is 1. The molecule has 0 aliphatic heterocycles. The molecule has 4 heteroatoms. The normalized spacial score (nSPS) is 10.8. The SMILES string of the molecule is Cc1ccc(-n2nc(-c3ccccc3)c(-c3ccc(Cl)cc3)c2N)cc1. The number of nitrogen functional groups attached to an aromatic ring is 1. The van der Waals surface area contributed by atoms with Crippen molar-refractivity contribution in [3.05, 3.63) is 89.4 Å². The van der Waals surface area contributed by atoms with E-state index in [0.29, 0.717) is 10.8 Å². The topological polar surface area (TPSA) is 43.8 Å². The highest BCUT2D eigenvalue weighted by Crippen LogP contribution is 2.37. The third-order valence-electron chi connectivity index (χ3n) is 4.38. The molecule has 4 rings (SSSR count). The average molecular weight is 360 g/mol. The van der Waals surface area contributed by atoms with Gasteiger partial charge in [0, 0.05) is 10.6 Å². The summed E-state index contributed by atoms with van der Waals surface area (Å²) in [5, 5.41) is 5.53. The summed E-state index contributed by atoms with van der Waals surface area (Å²) in [4.78, 5) is 0. The lowest BCUT2D eigenvalue weighted by Gasteiger charge is -2.06. The van der Waals surface area contributed by atoms with E-state index in [9.17, 15) is 0 Å². The smallest absolute Gasteiger partial charge is 0.135 e. The molecule has 0 bridgehead atoms. The molecule has 26 heavy (non-hydrogen) atoms. The van der Waals surface area contributed by atoms with E-state index < -0.39 is 0 Å². The van der Waals surface area contributed by atoms with Crippen molar-refractivity contribution in [2.24, 2.45) is 0 Å². The first-order valence-electron chi connectivity index (χ1n) is 8.40. The van der Waals surface area contributed by atoms with Crippen LogP contribution in [0.3, 0.4) is 0 Å². The Morgan fingerprint density at radius 1 is 0.808 bits per heavy atom. The van der Waals surface area contributed by atoms with Crippen molar-refractivity contribution in [3.63, 3.8) is 0 Å². The zero-order valence-electron chi connectivity index (χ0n) is 14.4. The second-order valence-corrected chi connectivity index (χ2v) is 6.67. The summed E-state index contributed by atoms with van der Waals surface area (Å²) in [6.45, 7) is 2.06. The molecule has 0 radical (unpaired) electrons. The molecule has 0 atom stereocenters. The lowest BCUT2D eigenvalue weighted by Crippen LogP contribution is -2.02. The van der Waals surface area contributed by atoms with Crippen LogP contribution >= 0.6 is 11.6 Å². The third-order valence-corrected chi connectivity index (χ3v) is 4.63. The molecule has 0 aliphatic carbocycles. The lowest BCUT2D eigenvalue weighted by molar-refractivity contribution is 0.894. The Morgan fingerprint density at radius 3 is 2.12 bits per heavy atom. The highest BCUT2D eigenvalue weighted by Gasteiger charge is 2.19. The van der Waals surface area contributed by atoms with E-state index in [2.05, 4.69) is 19.1 Å². The van der Waals surface area contributed by atoms with Gasteiger partial charge in [-0.25, -0.2) is 4.68 Å². The molecule has 3 aromatic carbocycles.